The van der Waals surface area contributed by atoms with Crippen LogP contribution in [0.2, 0.25) is 0 Å². The Labute approximate surface area is 119 Å². The van der Waals surface area contributed by atoms with Crippen LogP contribution in [0, 0.1) is 6.92 Å². The highest BCUT2D eigenvalue weighted by Crippen LogP contribution is 2.29. The molecule has 0 bridgehead atoms. The summed E-state index contributed by atoms with van der Waals surface area (Å²) in [5.74, 6) is 0. The van der Waals surface area contributed by atoms with Gasteiger partial charge in [-0.1, -0.05) is 30.3 Å². The van der Waals surface area contributed by atoms with Crippen LogP contribution in [0.5, 0.6) is 0 Å². The highest BCUT2D eigenvalue weighted by Gasteiger charge is 2.32. The van der Waals surface area contributed by atoms with E-state index >= 15 is 0 Å². The maximum absolute atomic E-state index is 12.7. The van der Waals surface area contributed by atoms with E-state index in [1.54, 1.807) is 36.5 Å². The molecular weight excluding hydrogens is 285 g/mol. The third-order valence-electron chi connectivity index (χ3n) is 2.83. The van der Waals surface area contributed by atoms with Gasteiger partial charge in [0.15, 0.2) is 0 Å². The molecule has 0 fully saturated rings. The van der Waals surface area contributed by atoms with E-state index in [4.69, 9.17) is 0 Å². The van der Waals surface area contributed by atoms with E-state index < -0.39 is 18.6 Å². The van der Waals surface area contributed by atoms with Crippen molar-refractivity contribution in [2.24, 2.45) is 0 Å². The minimum atomic E-state index is -4.20. The zero-order valence-electron chi connectivity index (χ0n) is 10.9. The summed E-state index contributed by atoms with van der Waals surface area (Å²) in [6.45, 7) is 2.26. The first-order chi connectivity index (χ1) is 9.44. The van der Waals surface area contributed by atoms with Crippen molar-refractivity contribution in [2.45, 2.75) is 32.1 Å². The van der Waals surface area contributed by atoms with Crippen molar-refractivity contribution in [3.05, 3.63) is 52.0 Å². The number of hydrogen-bond donors (Lipinski definition) is 1. The molecule has 20 heavy (non-hydrogen) atoms. The third kappa shape index (κ3) is 4.61. The van der Waals surface area contributed by atoms with Crippen LogP contribution in [0.15, 0.2) is 36.5 Å². The number of halogens is 3. The molecule has 0 amide bonds. The van der Waals surface area contributed by atoms with Gasteiger partial charge in [-0.05, 0) is 12.5 Å². The predicted octanol–water partition coefficient (Wildman–Crippen LogP) is 4.23. The fourth-order valence-corrected chi connectivity index (χ4v) is 2.68. The highest BCUT2D eigenvalue weighted by atomic mass is 32.1. The monoisotopic (exact) mass is 300 g/mol. The molecule has 0 aliphatic rings. The molecule has 0 spiro atoms. The Morgan fingerprint density at radius 1 is 1.25 bits per heavy atom. The van der Waals surface area contributed by atoms with E-state index in [1.807, 2.05) is 6.92 Å². The number of nitrogens with zero attached hydrogens (tertiary/aromatic N) is 1. The summed E-state index contributed by atoms with van der Waals surface area (Å²) in [5.41, 5.74) is 0.645. The Morgan fingerprint density at radius 3 is 2.50 bits per heavy atom. The fourth-order valence-electron chi connectivity index (χ4n) is 1.94. The summed E-state index contributed by atoms with van der Waals surface area (Å²) in [6.07, 6.45) is -3.38. The SMILES string of the molecule is Cc1ncc(CNC(CC(F)(F)F)c2ccccc2)s1. The Morgan fingerprint density at radius 2 is 1.95 bits per heavy atom. The second-order valence-corrected chi connectivity index (χ2v) is 5.83. The lowest BCUT2D eigenvalue weighted by molar-refractivity contribution is -0.140. The van der Waals surface area contributed by atoms with Crippen LogP contribution in [0.4, 0.5) is 13.2 Å². The molecule has 1 unspecified atom stereocenters. The molecule has 1 N–H and O–H groups in total. The number of benzene rings is 1. The molecule has 2 aromatic rings. The van der Waals surface area contributed by atoms with Gasteiger partial charge in [-0.3, -0.25) is 0 Å². The molecule has 0 saturated heterocycles. The maximum atomic E-state index is 12.7. The zero-order chi connectivity index (χ0) is 14.6. The average Bonchev–Trinajstić information content (AvgIpc) is 2.80. The number of hydrogen-bond acceptors (Lipinski definition) is 3. The Kier molecular flexibility index (Phi) is 4.77. The summed E-state index contributed by atoms with van der Waals surface area (Å²) >= 11 is 1.49. The van der Waals surface area contributed by atoms with Gasteiger partial charge < -0.3 is 5.32 Å². The highest BCUT2D eigenvalue weighted by molar-refractivity contribution is 7.11. The molecule has 6 heteroatoms. The standard InChI is InChI=1S/C14H15F3N2S/c1-10-18-8-12(20-10)9-19-13(7-14(15,16)17)11-5-3-2-4-6-11/h2-6,8,13,19H,7,9H2,1H3. The maximum Gasteiger partial charge on any atom is 0.390 e. The fraction of sp³-hybridized carbons (Fsp3) is 0.357. The van der Waals surface area contributed by atoms with Crippen LogP contribution in [-0.4, -0.2) is 11.2 Å². The summed E-state index contributed by atoms with van der Waals surface area (Å²) in [4.78, 5) is 5.03. The first-order valence-electron chi connectivity index (χ1n) is 6.20. The molecule has 0 aliphatic carbocycles. The lowest BCUT2D eigenvalue weighted by Crippen LogP contribution is -2.26. The number of alkyl halides is 3. The Bertz CT molecular complexity index is 537. The van der Waals surface area contributed by atoms with E-state index in [9.17, 15) is 13.2 Å². The number of aromatic nitrogens is 1. The quantitative estimate of drug-likeness (QED) is 0.893. The van der Waals surface area contributed by atoms with Gasteiger partial charge in [0.25, 0.3) is 0 Å². The van der Waals surface area contributed by atoms with Gasteiger partial charge in [0.1, 0.15) is 0 Å². The van der Waals surface area contributed by atoms with Crippen molar-refractivity contribution < 1.29 is 13.2 Å². The predicted molar refractivity (Wildman–Crippen MR) is 73.5 cm³/mol. The molecule has 0 aliphatic heterocycles. The van der Waals surface area contributed by atoms with Crippen molar-refractivity contribution in [1.29, 1.82) is 0 Å². The summed E-state index contributed by atoms with van der Waals surface area (Å²) in [5, 5.41) is 3.88. The van der Waals surface area contributed by atoms with Gasteiger partial charge in [0, 0.05) is 23.7 Å². The summed E-state index contributed by atoms with van der Waals surface area (Å²) in [6, 6.07) is 7.97. The van der Waals surface area contributed by atoms with Crippen molar-refractivity contribution in [2.75, 3.05) is 0 Å². The van der Waals surface area contributed by atoms with Gasteiger partial charge in [-0.25, -0.2) is 4.98 Å². The first kappa shape index (κ1) is 15.0. The van der Waals surface area contributed by atoms with E-state index in [1.165, 1.54) is 11.3 Å². The van der Waals surface area contributed by atoms with Crippen LogP contribution in [0.3, 0.4) is 0 Å². The zero-order valence-corrected chi connectivity index (χ0v) is 11.8. The lowest BCUT2D eigenvalue weighted by atomic mass is 10.0. The largest absolute Gasteiger partial charge is 0.390 e. The van der Waals surface area contributed by atoms with Gasteiger partial charge >= 0.3 is 6.18 Å². The number of nitrogens with one attached hydrogen (secondary N) is 1. The number of rotatable bonds is 5. The third-order valence-corrected chi connectivity index (χ3v) is 3.74. The molecule has 2 rings (SSSR count). The topological polar surface area (TPSA) is 24.9 Å². The van der Waals surface area contributed by atoms with E-state index in [0.29, 0.717) is 12.1 Å². The molecule has 2 nitrogen and oxygen atoms in total. The van der Waals surface area contributed by atoms with Crippen molar-refractivity contribution in [1.82, 2.24) is 10.3 Å². The number of thiazole rings is 1. The smallest absolute Gasteiger partial charge is 0.305 e. The molecule has 0 radical (unpaired) electrons. The van der Waals surface area contributed by atoms with Gasteiger partial charge in [0.2, 0.25) is 0 Å². The molecule has 1 heterocycles. The molecule has 0 saturated carbocycles. The van der Waals surface area contributed by atoms with E-state index in [0.717, 1.165) is 9.88 Å². The van der Waals surface area contributed by atoms with Crippen LogP contribution in [0.25, 0.3) is 0 Å². The van der Waals surface area contributed by atoms with Crippen LogP contribution < -0.4 is 5.32 Å². The molecule has 1 atom stereocenters. The number of aryl methyl sites for hydroxylation is 1. The minimum absolute atomic E-state index is 0.390. The molecule has 1 aromatic heterocycles. The average molecular weight is 300 g/mol. The Hall–Kier alpha value is -1.40. The Balaban J connectivity index is 2.07. The summed E-state index contributed by atoms with van der Waals surface area (Å²) < 4.78 is 38.0. The van der Waals surface area contributed by atoms with E-state index in [-0.39, 0.29) is 0 Å². The molecule has 108 valence electrons. The molecular formula is C14H15F3N2S. The summed E-state index contributed by atoms with van der Waals surface area (Å²) in [7, 11) is 0. The van der Waals surface area contributed by atoms with Gasteiger partial charge in [-0.2, -0.15) is 13.2 Å². The lowest BCUT2D eigenvalue weighted by Gasteiger charge is -2.20. The minimum Gasteiger partial charge on any atom is -0.305 e. The van der Waals surface area contributed by atoms with Crippen LogP contribution >= 0.6 is 11.3 Å². The van der Waals surface area contributed by atoms with Gasteiger partial charge in [-0.15, -0.1) is 11.3 Å². The second kappa shape index (κ2) is 6.37. The molecule has 1 aromatic carbocycles. The van der Waals surface area contributed by atoms with Crippen LogP contribution in [-0.2, 0) is 6.54 Å². The van der Waals surface area contributed by atoms with Crippen molar-refractivity contribution in [3.8, 4) is 0 Å². The van der Waals surface area contributed by atoms with Crippen molar-refractivity contribution in [3.63, 3.8) is 0 Å². The second-order valence-electron chi connectivity index (χ2n) is 4.51. The first-order valence-corrected chi connectivity index (χ1v) is 7.02. The van der Waals surface area contributed by atoms with E-state index in [2.05, 4.69) is 10.3 Å². The normalized spacial score (nSPS) is 13.4. The van der Waals surface area contributed by atoms with Crippen molar-refractivity contribution >= 4 is 11.3 Å². The van der Waals surface area contributed by atoms with Crippen LogP contribution in [0.1, 0.15) is 27.9 Å². The van der Waals surface area contributed by atoms with Gasteiger partial charge in [0.05, 0.1) is 11.4 Å².